The molecule has 20 heavy (non-hydrogen) atoms. The molecule has 0 aliphatic rings. The van der Waals surface area contributed by atoms with Crippen LogP contribution in [0, 0.1) is 5.82 Å². The number of aromatic nitrogens is 2. The second-order valence-corrected chi connectivity index (χ2v) is 5.59. The third-order valence-corrected chi connectivity index (χ3v) is 3.91. The van der Waals surface area contributed by atoms with E-state index in [0.29, 0.717) is 30.1 Å². The molecule has 0 fully saturated rings. The van der Waals surface area contributed by atoms with Gasteiger partial charge in [-0.25, -0.2) is 4.39 Å². The van der Waals surface area contributed by atoms with E-state index in [0.717, 1.165) is 11.3 Å². The van der Waals surface area contributed by atoms with E-state index in [1.54, 1.807) is 23.9 Å². The van der Waals surface area contributed by atoms with Crippen LogP contribution in [0.1, 0.15) is 32.0 Å². The van der Waals surface area contributed by atoms with Crippen molar-refractivity contribution in [1.29, 1.82) is 0 Å². The topological polar surface area (TPSA) is 51.0 Å². The van der Waals surface area contributed by atoms with Crippen molar-refractivity contribution in [1.82, 2.24) is 15.5 Å². The second kappa shape index (κ2) is 7.40. The lowest BCUT2D eigenvalue weighted by Gasteiger charge is -2.07. The quantitative estimate of drug-likeness (QED) is 0.793. The number of benzene rings is 1. The van der Waals surface area contributed by atoms with Crippen LogP contribution < -0.4 is 5.32 Å². The third kappa shape index (κ3) is 4.61. The SMILES string of the molecule is CCC(C)NCc1nc(CSc2ccc(F)cc2)no1. The molecule has 0 amide bonds. The summed E-state index contributed by atoms with van der Waals surface area (Å²) in [5.41, 5.74) is 0. The highest BCUT2D eigenvalue weighted by Gasteiger charge is 2.08. The molecule has 6 heteroatoms. The van der Waals surface area contributed by atoms with Gasteiger partial charge in [0.25, 0.3) is 0 Å². The molecule has 1 unspecified atom stereocenters. The summed E-state index contributed by atoms with van der Waals surface area (Å²) in [5.74, 6) is 1.63. The van der Waals surface area contributed by atoms with Crippen LogP contribution in [0.3, 0.4) is 0 Å². The van der Waals surface area contributed by atoms with Gasteiger partial charge in [-0.15, -0.1) is 11.8 Å². The highest BCUT2D eigenvalue weighted by atomic mass is 32.2. The molecule has 2 rings (SSSR count). The summed E-state index contributed by atoms with van der Waals surface area (Å²) in [6, 6.07) is 6.80. The van der Waals surface area contributed by atoms with Crippen LogP contribution in [0.2, 0.25) is 0 Å². The maximum Gasteiger partial charge on any atom is 0.240 e. The van der Waals surface area contributed by atoms with Crippen LogP contribution in [0.5, 0.6) is 0 Å². The maximum absolute atomic E-state index is 12.8. The van der Waals surface area contributed by atoms with Gasteiger partial charge < -0.3 is 9.84 Å². The van der Waals surface area contributed by atoms with Crippen LogP contribution in [-0.4, -0.2) is 16.2 Å². The van der Waals surface area contributed by atoms with Crippen LogP contribution in [0.4, 0.5) is 4.39 Å². The lowest BCUT2D eigenvalue weighted by Crippen LogP contribution is -2.24. The molecular weight excluding hydrogens is 277 g/mol. The van der Waals surface area contributed by atoms with Gasteiger partial charge in [-0.2, -0.15) is 4.98 Å². The predicted octanol–water partition coefficient (Wildman–Crippen LogP) is 3.39. The molecule has 1 heterocycles. The van der Waals surface area contributed by atoms with E-state index in [1.807, 2.05) is 0 Å². The Labute approximate surface area is 122 Å². The van der Waals surface area contributed by atoms with E-state index in [4.69, 9.17) is 4.52 Å². The fraction of sp³-hybridized carbons (Fsp3) is 0.429. The van der Waals surface area contributed by atoms with Crippen LogP contribution >= 0.6 is 11.8 Å². The molecule has 2 aromatic rings. The molecule has 0 aliphatic carbocycles. The van der Waals surface area contributed by atoms with Gasteiger partial charge in [-0.05, 0) is 37.6 Å². The van der Waals surface area contributed by atoms with Crippen LogP contribution in [0.15, 0.2) is 33.7 Å². The Bertz CT molecular complexity index is 529. The molecule has 0 saturated heterocycles. The molecule has 4 nitrogen and oxygen atoms in total. The first-order valence-corrected chi connectivity index (χ1v) is 7.59. The van der Waals surface area contributed by atoms with Crippen molar-refractivity contribution in [2.24, 2.45) is 0 Å². The van der Waals surface area contributed by atoms with Gasteiger partial charge in [-0.1, -0.05) is 12.1 Å². The van der Waals surface area contributed by atoms with Gasteiger partial charge in [-0.3, -0.25) is 0 Å². The number of hydrogen-bond donors (Lipinski definition) is 1. The molecule has 0 radical (unpaired) electrons. The molecule has 1 N–H and O–H groups in total. The molecule has 0 saturated carbocycles. The van der Waals surface area contributed by atoms with Crippen molar-refractivity contribution in [3.63, 3.8) is 0 Å². The molecule has 108 valence electrons. The van der Waals surface area contributed by atoms with E-state index >= 15 is 0 Å². The summed E-state index contributed by atoms with van der Waals surface area (Å²) in [6.45, 7) is 4.82. The Kier molecular flexibility index (Phi) is 5.55. The summed E-state index contributed by atoms with van der Waals surface area (Å²) in [4.78, 5) is 5.30. The zero-order valence-electron chi connectivity index (χ0n) is 11.6. The monoisotopic (exact) mass is 295 g/mol. The molecule has 1 aromatic heterocycles. The zero-order chi connectivity index (χ0) is 14.4. The lowest BCUT2D eigenvalue weighted by molar-refractivity contribution is 0.355. The van der Waals surface area contributed by atoms with Gasteiger partial charge in [0.15, 0.2) is 5.82 Å². The Morgan fingerprint density at radius 1 is 1.35 bits per heavy atom. The minimum atomic E-state index is -0.229. The predicted molar refractivity (Wildman–Crippen MR) is 76.9 cm³/mol. The van der Waals surface area contributed by atoms with Crippen molar-refractivity contribution in [2.75, 3.05) is 0 Å². The average molecular weight is 295 g/mol. The fourth-order valence-electron chi connectivity index (χ4n) is 1.51. The van der Waals surface area contributed by atoms with Crippen molar-refractivity contribution in [3.8, 4) is 0 Å². The minimum absolute atomic E-state index is 0.229. The maximum atomic E-state index is 12.8. The lowest BCUT2D eigenvalue weighted by atomic mass is 10.3. The van der Waals surface area contributed by atoms with Gasteiger partial charge in [0.05, 0.1) is 12.3 Å². The Hall–Kier alpha value is -1.40. The number of nitrogens with one attached hydrogen (secondary N) is 1. The Morgan fingerprint density at radius 3 is 2.80 bits per heavy atom. The van der Waals surface area contributed by atoms with Gasteiger partial charge in [0, 0.05) is 10.9 Å². The molecule has 0 spiro atoms. The number of nitrogens with zero attached hydrogens (tertiary/aromatic N) is 2. The number of rotatable bonds is 7. The van der Waals surface area contributed by atoms with Gasteiger partial charge in [0.1, 0.15) is 5.82 Å². The largest absolute Gasteiger partial charge is 0.338 e. The smallest absolute Gasteiger partial charge is 0.240 e. The summed E-state index contributed by atoms with van der Waals surface area (Å²) in [6.07, 6.45) is 1.06. The normalized spacial score (nSPS) is 12.6. The highest BCUT2D eigenvalue weighted by molar-refractivity contribution is 7.98. The molecule has 1 atom stereocenters. The molecule has 0 aliphatic heterocycles. The Balaban J connectivity index is 1.82. The van der Waals surface area contributed by atoms with Gasteiger partial charge in [0.2, 0.25) is 5.89 Å². The number of hydrogen-bond acceptors (Lipinski definition) is 5. The first-order valence-electron chi connectivity index (χ1n) is 6.60. The summed E-state index contributed by atoms with van der Waals surface area (Å²) < 4.78 is 17.9. The summed E-state index contributed by atoms with van der Waals surface area (Å²) in [5, 5.41) is 7.23. The summed E-state index contributed by atoms with van der Waals surface area (Å²) in [7, 11) is 0. The highest BCUT2D eigenvalue weighted by Crippen LogP contribution is 2.21. The van der Waals surface area contributed by atoms with E-state index in [1.165, 1.54) is 12.1 Å². The van der Waals surface area contributed by atoms with E-state index in [-0.39, 0.29) is 5.82 Å². The molecular formula is C14H18FN3OS. The second-order valence-electron chi connectivity index (χ2n) is 4.54. The van der Waals surface area contributed by atoms with Crippen LogP contribution in [-0.2, 0) is 12.3 Å². The zero-order valence-corrected chi connectivity index (χ0v) is 12.4. The van der Waals surface area contributed by atoms with Crippen molar-refractivity contribution >= 4 is 11.8 Å². The third-order valence-electron chi connectivity index (χ3n) is 2.91. The standard InChI is InChI=1S/C14H18FN3OS/c1-3-10(2)16-8-14-17-13(18-19-14)9-20-12-6-4-11(15)5-7-12/h4-7,10,16H,3,8-9H2,1-2H3. The summed E-state index contributed by atoms with van der Waals surface area (Å²) >= 11 is 1.55. The van der Waals surface area contributed by atoms with Crippen molar-refractivity contribution in [3.05, 3.63) is 41.8 Å². The molecule has 1 aromatic carbocycles. The van der Waals surface area contributed by atoms with E-state index in [9.17, 15) is 4.39 Å². The minimum Gasteiger partial charge on any atom is -0.338 e. The molecule has 0 bridgehead atoms. The first-order chi connectivity index (χ1) is 9.67. The van der Waals surface area contributed by atoms with Gasteiger partial charge >= 0.3 is 0 Å². The number of thioether (sulfide) groups is 1. The Morgan fingerprint density at radius 2 is 2.10 bits per heavy atom. The van der Waals surface area contributed by atoms with Crippen molar-refractivity contribution < 1.29 is 8.91 Å². The van der Waals surface area contributed by atoms with Crippen molar-refractivity contribution in [2.45, 2.75) is 43.5 Å². The van der Waals surface area contributed by atoms with E-state index in [2.05, 4.69) is 29.3 Å². The number of halogens is 1. The van der Waals surface area contributed by atoms with Crippen LogP contribution in [0.25, 0.3) is 0 Å². The average Bonchev–Trinajstić information content (AvgIpc) is 2.92. The first kappa shape index (κ1) is 15.0. The fourth-order valence-corrected chi connectivity index (χ4v) is 2.25. The van der Waals surface area contributed by atoms with E-state index < -0.39 is 0 Å².